The van der Waals surface area contributed by atoms with E-state index in [-0.39, 0.29) is 6.10 Å². The van der Waals surface area contributed by atoms with Crippen LogP contribution in [0, 0.1) is 5.92 Å². The van der Waals surface area contributed by atoms with Crippen molar-refractivity contribution in [1.29, 1.82) is 0 Å². The maximum atomic E-state index is 6.02. The Hall–Kier alpha value is -0.910. The molecule has 26 heavy (non-hydrogen) atoms. The van der Waals surface area contributed by atoms with E-state index in [4.69, 9.17) is 4.74 Å². The first-order valence-electron chi connectivity index (χ1n) is 10.8. The molecule has 1 saturated carbocycles. The van der Waals surface area contributed by atoms with E-state index < -0.39 is 0 Å². The number of nitrogens with zero attached hydrogens (tertiary/aromatic N) is 3. The lowest BCUT2D eigenvalue weighted by Gasteiger charge is -2.42. The van der Waals surface area contributed by atoms with E-state index in [2.05, 4.69) is 33.7 Å². The van der Waals surface area contributed by atoms with Crippen molar-refractivity contribution in [2.75, 3.05) is 19.7 Å². The van der Waals surface area contributed by atoms with Gasteiger partial charge < -0.3 is 19.5 Å². The van der Waals surface area contributed by atoms with Crippen LogP contribution in [0.1, 0.15) is 70.1 Å². The lowest BCUT2D eigenvalue weighted by Crippen LogP contribution is -2.50. The lowest BCUT2D eigenvalue weighted by molar-refractivity contribution is -0.00791. The third kappa shape index (κ3) is 4.32. The predicted octanol–water partition coefficient (Wildman–Crippen LogP) is 3.27. The average Bonchev–Trinajstić information content (AvgIpc) is 3.09. The van der Waals surface area contributed by atoms with Crippen molar-refractivity contribution in [2.24, 2.45) is 13.0 Å². The van der Waals surface area contributed by atoms with Gasteiger partial charge in [0.15, 0.2) is 0 Å². The van der Waals surface area contributed by atoms with E-state index in [1.54, 1.807) is 0 Å². The van der Waals surface area contributed by atoms with Crippen molar-refractivity contribution in [3.05, 3.63) is 18.2 Å². The van der Waals surface area contributed by atoms with E-state index in [0.717, 1.165) is 31.4 Å². The molecule has 4 atom stereocenters. The lowest BCUT2D eigenvalue weighted by atomic mass is 9.85. The number of aryl methyl sites for hydroxylation is 1. The maximum Gasteiger partial charge on any atom is 0.100 e. The number of hydrogen-bond donors (Lipinski definition) is 1. The second-order valence-electron chi connectivity index (χ2n) is 8.91. The van der Waals surface area contributed by atoms with E-state index >= 15 is 0 Å². The van der Waals surface area contributed by atoms with Crippen molar-refractivity contribution < 1.29 is 4.74 Å². The van der Waals surface area contributed by atoms with Crippen LogP contribution in [0.25, 0.3) is 0 Å². The third-order valence-electron chi connectivity index (χ3n) is 6.89. The second-order valence-corrected chi connectivity index (χ2v) is 8.91. The molecule has 0 amide bonds. The molecule has 5 nitrogen and oxygen atoms in total. The largest absolute Gasteiger partial charge is 0.372 e. The maximum absolute atomic E-state index is 6.02. The van der Waals surface area contributed by atoms with Crippen molar-refractivity contribution in [2.45, 2.75) is 82.5 Å². The zero-order valence-electron chi connectivity index (χ0n) is 16.6. The molecular weight excluding hydrogens is 324 g/mol. The van der Waals surface area contributed by atoms with Gasteiger partial charge in [0, 0.05) is 31.8 Å². The number of likely N-dealkylation sites (tertiary alicyclic amines) is 1. The topological polar surface area (TPSA) is 42.3 Å². The fraction of sp³-hybridized carbons (Fsp3) is 0.857. The number of nitrogens with one attached hydrogen (secondary N) is 1. The molecule has 0 aromatic carbocycles. The van der Waals surface area contributed by atoms with Gasteiger partial charge in [0.2, 0.25) is 0 Å². The van der Waals surface area contributed by atoms with Crippen LogP contribution >= 0.6 is 0 Å². The normalized spacial score (nSPS) is 34.8. The molecule has 4 rings (SSSR count). The highest BCUT2D eigenvalue weighted by atomic mass is 16.5. The summed E-state index contributed by atoms with van der Waals surface area (Å²) >= 11 is 0. The van der Waals surface area contributed by atoms with Crippen molar-refractivity contribution >= 4 is 0 Å². The van der Waals surface area contributed by atoms with Gasteiger partial charge in [0.05, 0.1) is 18.2 Å². The highest BCUT2D eigenvalue weighted by Crippen LogP contribution is 2.31. The van der Waals surface area contributed by atoms with Crippen LogP contribution in [0.15, 0.2) is 12.5 Å². The Balaban J connectivity index is 1.24. The summed E-state index contributed by atoms with van der Waals surface area (Å²) in [5, 5.41) is 3.97. The van der Waals surface area contributed by atoms with Gasteiger partial charge in [-0.25, -0.2) is 4.98 Å². The molecule has 0 radical (unpaired) electrons. The van der Waals surface area contributed by atoms with Gasteiger partial charge >= 0.3 is 0 Å². The Morgan fingerprint density at radius 2 is 1.92 bits per heavy atom. The Morgan fingerprint density at radius 3 is 2.65 bits per heavy atom. The van der Waals surface area contributed by atoms with Gasteiger partial charge in [0.1, 0.15) is 6.10 Å². The number of imidazole rings is 1. The Kier molecular flexibility index (Phi) is 5.97. The molecule has 2 saturated heterocycles. The first-order valence-corrected chi connectivity index (χ1v) is 10.8. The highest BCUT2D eigenvalue weighted by molar-refractivity contribution is 5.04. The van der Waals surface area contributed by atoms with Gasteiger partial charge in [0.25, 0.3) is 0 Å². The SMILES string of the molecule is CC1CCCC(N2CCC(NC3CCOC(c4cncn4C)C3)CC2)C1. The van der Waals surface area contributed by atoms with Crippen molar-refractivity contribution in [1.82, 2.24) is 19.8 Å². The van der Waals surface area contributed by atoms with E-state index in [1.165, 1.54) is 57.3 Å². The molecule has 5 heteroatoms. The molecule has 3 fully saturated rings. The van der Waals surface area contributed by atoms with Gasteiger partial charge in [-0.05, 0) is 57.5 Å². The fourth-order valence-corrected chi connectivity index (χ4v) is 5.33. The number of piperidine rings is 1. The van der Waals surface area contributed by atoms with Crippen molar-refractivity contribution in [3.63, 3.8) is 0 Å². The minimum Gasteiger partial charge on any atom is -0.372 e. The molecule has 0 bridgehead atoms. The van der Waals surface area contributed by atoms with Gasteiger partial charge in [-0.2, -0.15) is 0 Å². The summed E-state index contributed by atoms with van der Waals surface area (Å²) in [6.07, 6.45) is 14.6. The first kappa shape index (κ1) is 18.5. The Morgan fingerprint density at radius 1 is 1.08 bits per heavy atom. The molecule has 3 aliphatic rings. The molecule has 1 aromatic heterocycles. The fourth-order valence-electron chi connectivity index (χ4n) is 5.33. The van der Waals surface area contributed by atoms with Crippen LogP contribution in [0.5, 0.6) is 0 Å². The summed E-state index contributed by atoms with van der Waals surface area (Å²) in [6, 6.07) is 2.12. The molecule has 146 valence electrons. The quantitative estimate of drug-likeness (QED) is 0.895. The minimum absolute atomic E-state index is 0.192. The van der Waals surface area contributed by atoms with Crippen LogP contribution in [0.2, 0.25) is 0 Å². The van der Waals surface area contributed by atoms with E-state index in [9.17, 15) is 0 Å². The predicted molar refractivity (Wildman–Crippen MR) is 104 cm³/mol. The van der Waals surface area contributed by atoms with E-state index in [1.807, 2.05) is 12.5 Å². The molecule has 0 spiro atoms. The molecule has 4 unspecified atom stereocenters. The standard InChI is InChI=1S/C21H36N4O/c1-16-4-3-5-19(12-16)25-9-6-17(7-10-25)23-18-8-11-26-21(13-18)20-14-22-15-24(20)2/h14-19,21,23H,3-13H2,1-2H3. The zero-order chi connectivity index (χ0) is 17.9. The van der Waals surface area contributed by atoms with Gasteiger partial charge in [-0.3, -0.25) is 0 Å². The molecule has 1 N–H and O–H groups in total. The van der Waals surface area contributed by atoms with Crippen LogP contribution in [0.4, 0.5) is 0 Å². The summed E-state index contributed by atoms with van der Waals surface area (Å²) in [5.74, 6) is 0.927. The highest BCUT2D eigenvalue weighted by Gasteiger charge is 2.31. The molecule has 3 heterocycles. The smallest absolute Gasteiger partial charge is 0.100 e. The van der Waals surface area contributed by atoms with Crippen LogP contribution < -0.4 is 5.32 Å². The monoisotopic (exact) mass is 360 g/mol. The molecule has 1 aromatic rings. The number of ether oxygens (including phenoxy) is 1. The van der Waals surface area contributed by atoms with Crippen LogP contribution in [0.3, 0.4) is 0 Å². The summed E-state index contributed by atoms with van der Waals surface area (Å²) in [6.45, 7) is 5.85. The number of aromatic nitrogens is 2. The number of rotatable bonds is 4. The molecular formula is C21H36N4O. The second kappa shape index (κ2) is 8.41. The summed E-state index contributed by atoms with van der Waals surface area (Å²) in [4.78, 5) is 7.04. The van der Waals surface area contributed by atoms with Gasteiger partial charge in [-0.15, -0.1) is 0 Å². The van der Waals surface area contributed by atoms with E-state index in [0.29, 0.717) is 12.1 Å². The molecule has 1 aliphatic carbocycles. The third-order valence-corrected chi connectivity index (χ3v) is 6.89. The Bertz CT molecular complexity index is 566. The zero-order valence-corrected chi connectivity index (χ0v) is 16.6. The van der Waals surface area contributed by atoms with Crippen molar-refractivity contribution in [3.8, 4) is 0 Å². The first-order chi connectivity index (χ1) is 12.7. The minimum atomic E-state index is 0.192. The average molecular weight is 361 g/mol. The number of hydrogen-bond acceptors (Lipinski definition) is 4. The Labute approximate surface area is 158 Å². The summed E-state index contributed by atoms with van der Waals surface area (Å²) < 4.78 is 8.11. The summed E-state index contributed by atoms with van der Waals surface area (Å²) in [5.41, 5.74) is 1.21. The van der Waals surface area contributed by atoms with Gasteiger partial charge in [-0.1, -0.05) is 19.8 Å². The van der Waals surface area contributed by atoms with Crippen LogP contribution in [-0.2, 0) is 11.8 Å². The van der Waals surface area contributed by atoms with Crippen LogP contribution in [-0.4, -0.2) is 52.3 Å². The summed E-state index contributed by atoms with van der Waals surface area (Å²) in [7, 11) is 2.06. The molecule has 2 aliphatic heterocycles.